The number of rotatable bonds is 7. The number of methoxy groups -OCH3 is 3. The maximum Gasteiger partial charge on any atom is 0.137 e. The number of hydrogen-bond acceptors (Lipinski definition) is 5. The number of nitrogens with zero attached hydrogens (tertiary/aromatic N) is 1. The molecule has 0 amide bonds. The van der Waals surface area contributed by atoms with E-state index in [0.29, 0.717) is 22.8 Å². The van der Waals surface area contributed by atoms with Crippen LogP contribution in [0.5, 0.6) is 17.2 Å². The first-order valence-electron chi connectivity index (χ1n) is 12.0. The Morgan fingerprint density at radius 1 is 0.879 bits per heavy atom. The van der Waals surface area contributed by atoms with Crippen LogP contribution in [-0.4, -0.2) is 50.5 Å². The molecular formula is C28H41NO4. The lowest BCUT2D eigenvalue weighted by Crippen LogP contribution is -2.51. The number of benzene rings is 2. The summed E-state index contributed by atoms with van der Waals surface area (Å²) in [7, 11) is 4.95. The summed E-state index contributed by atoms with van der Waals surface area (Å²) in [6.45, 7) is 12.7. The van der Waals surface area contributed by atoms with Gasteiger partial charge in [-0.25, -0.2) is 0 Å². The quantitative estimate of drug-likeness (QED) is 0.603. The van der Waals surface area contributed by atoms with E-state index in [0.717, 1.165) is 42.6 Å². The molecule has 1 fully saturated rings. The molecule has 1 N–H and O–H groups in total. The van der Waals surface area contributed by atoms with E-state index in [-0.39, 0.29) is 11.5 Å². The van der Waals surface area contributed by atoms with Gasteiger partial charge in [-0.3, -0.25) is 4.90 Å². The minimum absolute atomic E-state index is 0.0783. The fourth-order valence-electron chi connectivity index (χ4n) is 5.04. The molecule has 1 aliphatic heterocycles. The van der Waals surface area contributed by atoms with Crippen LogP contribution < -0.4 is 14.2 Å². The van der Waals surface area contributed by atoms with Crippen molar-refractivity contribution in [2.24, 2.45) is 0 Å². The predicted molar refractivity (Wildman–Crippen MR) is 134 cm³/mol. The predicted octanol–water partition coefficient (Wildman–Crippen LogP) is 5.43. The third-order valence-corrected chi connectivity index (χ3v) is 7.12. The lowest BCUT2D eigenvalue weighted by molar-refractivity contribution is -0.0224. The summed E-state index contributed by atoms with van der Waals surface area (Å²) in [6.07, 6.45) is 3.51. The summed E-state index contributed by atoms with van der Waals surface area (Å²) in [5.41, 5.74) is 2.23. The molecule has 1 heterocycles. The summed E-state index contributed by atoms with van der Waals surface area (Å²) < 4.78 is 17.2. The van der Waals surface area contributed by atoms with Crippen LogP contribution in [0.2, 0.25) is 0 Å². The Kier molecular flexibility index (Phi) is 7.65. The summed E-state index contributed by atoms with van der Waals surface area (Å²) in [5, 5.41) is 12.8. The fraction of sp³-hybridized carbons (Fsp3) is 0.571. The van der Waals surface area contributed by atoms with Gasteiger partial charge in [0.2, 0.25) is 0 Å². The van der Waals surface area contributed by atoms with Crippen LogP contribution in [0.15, 0.2) is 30.3 Å². The molecule has 2 unspecified atom stereocenters. The largest absolute Gasteiger partial charge is 0.497 e. The van der Waals surface area contributed by atoms with Gasteiger partial charge in [-0.15, -0.1) is 0 Å². The third-order valence-electron chi connectivity index (χ3n) is 7.12. The second-order valence-electron chi connectivity index (χ2n) is 10.2. The molecule has 0 aliphatic carbocycles. The van der Waals surface area contributed by atoms with E-state index in [1.54, 1.807) is 21.3 Å². The highest BCUT2D eigenvalue weighted by atomic mass is 16.5. The monoisotopic (exact) mass is 455 g/mol. The molecule has 3 rings (SSSR count). The molecule has 0 bridgehead atoms. The van der Waals surface area contributed by atoms with Crippen LogP contribution in [-0.2, 0) is 11.0 Å². The van der Waals surface area contributed by atoms with Crippen molar-refractivity contribution >= 4 is 0 Å². The van der Waals surface area contributed by atoms with Crippen LogP contribution in [0.1, 0.15) is 69.2 Å². The molecule has 33 heavy (non-hydrogen) atoms. The number of aryl methyl sites for hydroxylation is 1. The van der Waals surface area contributed by atoms with Crippen molar-refractivity contribution in [1.29, 1.82) is 0 Å². The number of piperidine rings is 1. The molecule has 2 aromatic rings. The van der Waals surface area contributed by atoms with Gasteiger partial charge in [0.25, 0.3) is 0 Å². The van der Waals surface area contributed by atoms with Crippen LogP contribution in [0.3, 0.4) is 0 Å². The van der Waals surface area contributed by atoms with E-state index in [4.69, 9.17) is 14.2 Å². The van der Waals surface area contributed by atoms with Crippen molar-refractivity contribution in [3.05, 3.63) is 52.6 Å². The lowest BCUT2D eigenvalue weighted by Gasteiger charge is -2.44. The van der Waals surface area contributed by atoms with Crippen molar-refractivity contribution in [3.63, 3.8) is 0 Å². The van der Waals surface area contributed by atoms with E-state index >= 15 is 0 Å². The fourth-order valence-corrected chi connectivity index (χ4v) is 5.04. The molecule has 0 radical (unpaired) electrons. The molecule has 0 aromatic heterocycles. The Bertz CT molecular complexity index is 959. The average molecular weight is 456 g/mol. The lowest BCUT2D eigenvalue weighted by atomic mass is 9.75. The molecular weight excluding hydrogens is 414 g/mol. The van der Waals surface area contributed by atoms with Crippen molar-refractivity contribution in [2.75, 3.05) is 34.4 Å². The normalized spacial score (nSPS) is 17.8. The van der Waals surface area contributed by atoms with Crippen molar-refractivity contribution < 1.29 is 19.3 Å². The van der Waals surface area contributed by atoms with E-state index < -0.39 is 5.60 Å². The van der Waals surface area contributed by atoms with E-state index in [1.165, 1.54) is 6.42 Å². The van der Waals surface area contributed by atoms with Crippen molar-refractivity contribution in [3.8, 4) is 17.2 Å². The Hall–Kier alpha value is -2.24. The van der Waals surface area contributed by atoms with Gasteiger partial charge in [0.1, 0.15) is 22.8 Å². The number of likely N-dealkylation sites (tertiary alicyclic amines) is 1. The van der Waals surface area contributed by atoms with E-state index in [2.05, 4.69) is 51.7 Å². The standard InChI is InChI=1S/C28H41NO4/c1-19-16-21(27(3,4)5)17-24(26(19)33-8)28(30,20(2)29-14-10-9-11-15-29)23-13-12-22(31-6)18-25(23)32-7/h12-13,16-18,20,30H,9-11,14-15H2,1-8H3. The Morgan fingerprint density at radius 3 is 2.09 bits per heavy atom. The van der Waals surface area contributed by atoms with Gasteiger partial charge in [0, 0.05) is 23.2 Å². The van der Waals surface area contributed by atoms with Crippen LogP contribution >= 0.6 is 0 Å². The number of aliphatic hydroxyl groups is 1. The van der Waals surface area contributed by atoms with E-state index in [1.807, 2.05) is 18.2 Å². The summed E-state index contributed by atoms with van der Waals surface area (Å²) >= 11 is 0. The molecule has 0 saturated carbocycles. The molecule has 5 nitrogen and oxygen atoms in total. The highest BCUT2D eigenvalue weighted by Gasteiger charge is 2.45. The summed E-state index contributed by atoms with van der Waals surface area (Å²) in [6, 6.07) is 9.75. The third kappa shape index (κ3) is 4.85. The number of hydrogen-bond donors (Lipinski definition) is 1. The van der Waals surface area contributed by atoms with Gasteiger partial charge in [0.05, 0.1) is 21.3 Å². The maximum absolute atomic E-state index is 12.8. The second kappa shape index (κ2) is 9.94. The van der Waals surface area contributed by atoms with Gasteiger partial charge >= 0.3 is 0 Å². The molecule has 1 aliphatic rings. The van der Waals surface area contributed by atoms with Crippen molar-refractivity contribution in [2.45, 2.75) is 70.9 Å². The van der Waals surface area contributed by atoms with Gasteiger partial charge in [0.15, 0.2) is 0 Å². The van der Waals surface area contributed by atoms with Gasteiger partial charge in [-0.2, -0.15) is 0 Å². The van der Waals surface area contributed by atoms with Crippen molar-refractivity contribution in [1.82, 2.24) is 4.90 Å². The van der Waals surface area contributed by atoms with Gasteiger partial charge < -0.3 is 19.3 Å². The van der Waals surface area contributed by atoms with Crippen LogP contribution in [0.25, 0.3) is 0 Å². The Labute approximate surface area is 199 Å². The first-order valence-corrected chi connectivity index (χ1v) is 12.0. The van der Waals surface area contributed by atoms with Crippen LogP contribution in [0.4, 0.5) is 0 Å². The Morgan fingerprint density at radius 2 is 1.55 bits per heavy atom. The van der Waals surface area contributed by atoms with Gasteiger partial charge in [-0.1, -0.05) is 33.3 Å². The molecule has 2 aromatic carbocycles. The SMILES string of the molecule is COc1ccc(C(O)(c2cc(C(C)(C)C)cc(C)c2OC)C(C)N2CCCCC2)c(OC)c1. The smallest absolute Gasteiger partial charge is 0.137 e. The first-order chi connectivity index (χ1) is 15.6. The highest BCUT2D eigenvalue weighted by molar-refractivity contribution is 5.56. The van der Waals surface area contributed by atoms with Crippen LogP contribution in [0, 0.1) is 6.92 Å². The molecule has 0 spiro atoms. The molecule has 1 saturated heterocycles. The number of ether oxygens (including phenoxy) is 3. The zero-order chi connectivity index (χ0) is 24.4. The molecule has 182 valence electrons. The zero-order valence-electron chi connectivity index (χ0n) is 21.6. The summed E-state index contributed by atoms with van der Waals surface area (Å²) in [5.74, 6) is 2.00. The minimum Gasteiger partial charge on any atom is -0.497 e. The Balaban J connectivity index is 2.34. The molecule has 5 heteroatoms. The second-order valence-corrected chi connectivity index (χ2v) is 10.2. The molecule has 2 atom stereocenters. The topological polar surface area (TPSA) is 51.2 Å². The van der Waals surface area contributed by atoms with Gasteiger partial charge in [-0.05, 0) is 74.5 Å². The first kappa shape index (κ1) is 25.4. The van der Waals surface area contributed by atoms with E-state index in [9.17, 15) is 5.11 Å². The minimum atomic E-state index is -1.35. The average Bonchev–Trinajstić information content (AvgIpc) is 2.82. The highest BCUT2D eigenvalue weighted by Crippen LogP contribution is 2.47. The summed E-state index contributed by atoms with van der Waals surface area (Å²) in [4.78, 5) is 2.39. The zero-order valence-corrected chi connectivity index (χ0v) is 21.6. The maximum atomic E-state index is 12.8.